The molecule has 0 atom stereocenters. The Kier molecular flexibility index (Phi) is 3.15. The van der Waals surface area contributed by atoms with E-state index in [4.69, 9.17) is 0 Å². The Labute approximate surface area is 155 Å². The maximum atomic E-state index is 2.44. The van der Waals surface area contributed by atoms with Crippen LogP contribution < -0.4 is 0 Å². The van der Waals surface area contributed by atoms with Gasteiger partial charge < -0.3 is 0 Å². The lowest BCUT2D eigenvalue weighted by atomic mass is 9.80. The summed E-state index contributed by atoms with van der Waals surface area (Å²) in [6.07, 6.45) is 0. The largest absolute Gasteiger partial charge is 0.0619 e. The minimum absolute atomic E-state index is 0.0406. The summed E-state index contributed by atoms with van der Waals surface area (Å²) in [6.45, 7) is 6.94. The highest BCUT2D eigenvalue weighted by Crippen LogP contribution is 2.50. The number of hydrogen-bond donors (Lipinski definition) is 0. The first-order chi connectivity index (χ1) is 12.6. The minimum Gasteiger partial charge on any atom is -0.0619 e. The third kappa shape index (κ3) is 2.02. The molecule has 0 heterocycles. The second-order valence-electron chi connectivity index (χ2n) is 7.91. The molecule has 0 N–H and O–H groups in total. The average Bonchev–Trinajstić information content (AvgIpc) is 2.88. The lowest BCUT2D eigenvalue weighted by Crippen LogP contribution is -2.15. The van der Waals surface area contributed by atoms with Crippen molar-refractivity contribution in [2.24, 2.45) is 0 Å². The molecule has 0 aromatic heterocycles. The van der Waals surface area contributed by atoms with Crippen molar-refractivity contribution in [3.63, 3.8) is 0 Å². The molecule has 0 aliphatic heterocycles. The van der Waals surface area contributed by atoms with Gasteiger partial charge in [-0.05, 0) is 62.7 Å². The van der Waals surface area contributed by atoms with Crippen molar-refractivity contribution in [1.82, 2.24) is 0 Å². The second-order valence-corrected chi connectivity index (χ2v) is 7.91. The summed E-state index contributed by atoms with van der Waals surface area (Å²) >= 11 is 0. The first kappa shape index (κ1) is 15.4. The Morgan fingerprint density at radius 3 is 2.15 bits per heavy atom. The maximum Gasteiger partial charge on any atom is 0.0159 e. The summed E-state index contributed by atoms with van der Waals surface area (Å²) in [5.74, 6) is 0. The first-order valence-corrected chi connectivity index (χ1v) is 9.30. The molecule has 0 nitrogen and oxygen atoms in total. The molecule has 0 bridgehead atoms. The van der Waals surface area contributed by atoms with Gasteiger partial charge in [0.25, 0.3) is 0 Å². The molecular formula is C26H22. The van der Waals surface area contributed by atoms with Crippen molar-refractivity contribution in [2.45, 2.75) is 26.2 Å². The van der Waals surface area contributed by atoms with Gasteiger partial charge >= 0.3 is 0 Å². The van der Waals surface area contributed by atoms with E-state index in [0.717, 1.165) is 0 Å². The Bertz CT molecular complexity index is 1160. The van der Waals surface area contributed by atoms with Crippen LogP contribution in [0.2, 0.25) is 0 Å². The fourth-order valence-corrected chi connectivity index (χ4v) is 4.61. The third-order valence-electron chi connectivity index (χ3n) is 6.01. The van der Waals surface area contributed by atoms with Crippen molar-refractivity contribution >= 4 is 10.8 Å². The van der Waals surface area contributed by atoms with Gasteiger partial charge in [0.2, 0.25) is 0 Å². The molecule has 0 radical (unpaired) electrons. The number of benzene rings is 4. The first-order valence-electron chi connectivity index (χ1n) is 9.30. The van der Waals surface area contributed by atoms with Gasteiger partial charge in [-0.1, -0.05) is 86.6 Å². The van der Waals surface area contributed by atoms with E-state index in [0.29, 0.717) is 0 Å². The molecule has 1 aliphatic rings. The Balaban J connectivity index is 1.81. The lowest BCUT2D eigenvalue weighted by Gasteiger charge is -2.23. The summed E-state index contributed by atoms with van der Waals surface area (Å²) in [6, 6.07) is 29.0. The van der Waals surface area contributed by atoms with E-state index >= 15 is 0 Å². The average molecular weight is 334 g/mol. The quantitative estimate of drug-likeness (QED) is 0.347. The van der Waals surface area contributed by atoms with E-state index in [1.807, 2.05) is 0 Å². The van der Waals surface area contributed by atoms with Crippen LogP contribution in [0.15, 0.2) is 78.9 Å². The molecule has 0 heteroatoms. The maximum absolute atomic E-state index is 2.44. The zero-order valence-electron chi connectivity index (χ0n) is 15.5. The van der Waals surface area contributed by atoms with Crippen molar-refractivity contribution < 1.29 is 0 Å². The molecule has 0 spiro atoms. The summed E-state index contributed by atoms with van der Waals surface area (Å²) in [4.78, 5) is 0. The van der Waals surface area contributed by atoms with Crippen LogP contribution in [-0.2, 0) is 5.41 Å². The fourth-order valence-electron chi connectivity index (χ4n) is 4.61. The summed E-state index contributed by atoms with van der Waals surface area (Å²) in [5.41, 5.74) is 9.71. The Hall–Kier alpha value is -2.86. The molecule has 26 heavy (non-hydrogen) atoms. The van der Waals surface area contributed by atoms with Gasteiger partial charge in [-0.25, -0.2) is 0 Å². The molecule has 1 aliphatic carbocycles. The van der Waals surface area contributed by atoms with E-state index in [-0.39, 0.29) is 5.41 Å². The van der Waals surface area contributed by atoms with Gasteiger partial charge in [0.05, 0.1) is 0 Å². The van der Waals surface area contributed by atoms with Crippen LogP contribution >= 0.6 is 0 Å². The molecular weight excluding hydrogens is 312 g/mol. The number of hydrogen-bond acceptors (Lipinski definition) is 0. The van der Waals surface area contributed by atoms with Gasteiger partial charge in [0.15, 0.2) is 0 Å². The van der Waals surface area contributed by atoms with E-state index in [1.165, 1.54) is 49.7 Å². The van der Waals surface area contributed by atoms with Crippen LogP contribution in [0.4, 0.5) is 0 Å². The van der Waals surface area contributed by atoms with Crippen LogP contribution in [0.1, 0.15) is 30.5 Å². The number of aryl methyl sites for hydroxylation is 1. The predicted molar refractivity (Wildman–Crippen MR) is 112 cm³/mol. The van der Waals surface area contributed by atoms with Crippen LogP contribution in [0.25, 0.3) is 33.0 Å². The van der Waals surface area contributed by atoms with Gasteiger partial charge in [-0.2, -0.15) is 0 Å². The Morgan fingerprint density at radius 1 is 0.577 bits per heavy atom. The zero-order chi connectivity index (χ0) is 17.9. The minimum atomic E-state index is 0.0406. The fraction of sp³-hybridized carbons (Fsp3) is 0.154. The molecule has 0 saturated carbocycles. The summed E-state index contributed by atoms with van der Waals surface area (Å²) in [7, 11) is 0. The standard InChI is InChI=1S/C26H22/c1-17-15-23-21-12-6-7-14-24(21)26(2,3)25(23)16-22(17)20-13-8-10-18-9-4-5-11-19(18)20/h4-16H,1-3H3. The highest BCUT2D eigenvalue weighted by Gasteiger charge is 2.35. The molecule has 0 amide bonds. The van der Waals surface area contributed by atoms with Crippen LogP contribution in [-0.4, -0.2) is 0 Å². The second kappa shape index (κ2) is 5.32. The normalized spacial score (nSPS) is 14.3. The molecule has 5 rings (SSSR count). The van der Waals surface area contributed by atoms with Gasteiger partial charge in [0.1, 0.15) is 0 Å². The molecule has 4 aromatic carbocycles. The zero-order valence-corrected chi connectivity index (χ0v) is 15.5. The van der Waals surface area contributed by atoms with Crippen LogP contribution in [0.3, 0.4) is 0 Å². The molecule has 0 fully saturated rings. The highest BCUT2D eigenvalue weighted by molar-refractivity contribution is 5.98. The van der Waals surface area contributed by atoms with Crippen molar-refractivity contribution in [3.05, 3.63) is 95.6 Å². The molecule has 126 valence electrons. The molecule has 4 aromatic rings. The van der Waals surface area contributed by atoms with Crippen molar-refractivity contribution in [1.29, 1.82) is 0 Å². The lowest BCUT2D eigenvalue weighted by molar-refractivity contribution is 0.660. The van der Waals surface area contributed by atoms with Crippen molar-refractivity contribution in [2.75, 3.05) is 0 Å². The molecule has 0 saturated heterocycles. The topological polar surface area (TPSA) is 0 Å². The number of rotatable bonds is 1. The summed E-state index contributed by atoms with van der Waals surface area (Å²) in [5, 5.41) is 2.62. The van der Waals surface area contributed by atoms with Gasteiger partial charge in [-0.3, -0.25) is 0 Å². The highest BCUT2D eigenvalue weighted by atomic mass is 14.4. The smallest absolute Gasteiger partial charge is 0.0159 e. The molecule has 0 unspecified atom stereocenters. The SMILES string of the molecule is Cc1cc2c(cc1-c1cccc3ccccc13)C(C)(C)c1ccccc1-2. The van der Waals surface area contributed by atoms with Crippen molar-refractivity contribution in [3.8, 4) is 22.3 Å². The van der Waals surface area contributed by atoms with E-state index in [9.17, 15) is 0 Å². The van der Waals surface area contributed by atoms with Crippen LogP contribution in [0, 0.1) is 6.92 Å². The number of fused-ring (bicyclic) bond motifs is 4. The van der Waals surface area contributed by atoms with E-state index < -0.39 is 0 Å². The monoisotopic (exact) mass is 334 g/mol. The van der Waals surface area contributed by atoms with Gasteiger partial charge in [0, 0.05) is 5.41 Å². The van der Waals surface area contributed by atoms with Crippen LogP contribution in [0.5, 0.6) is 0 Å². The third-order valence-corrected chi connectivity index (χ3v) is 6.01. The predicted octanol–water partition coefficient (Wildman–Crippen LogP) is 7.12. The van der Waals surface area contributed by atoms with Gasteiger partial charge in [-0.15, -0.1) is 0 Å². The summed E-state index contributed by atoms with van der Waals surface area (Å²) < 4.78 is 0. The Morgan fingerprint density at radius 2 is 1.27 bits per heavy atom. The van der Waals surface area contributed by atoms with E-state index in [2.05, 4.69) is 99.6 Å². The van der Waals surface area contributed by atoms with E-state index in [1.54, 1.807) is 0 Å².